The molecule has 0 atom stereocenters. The monoisotopic (exact) mass is 286 g/mol. The first-order chi connectivity index (χ1) is 9.70. The number of esters is 1. The zero-order valence-electron chi connectivity index (χ0n) is 10.7. The van der Waals surface area contributed by atoms with Gasteiger partial charge in [0.25, 0.3) is 0 Å². The van der Waals surface area contributed by atoms with Gasteiger partial charge in [0, 0.05) is 11.8 Å². The fourth-order valence-electron chi connectivity index (χ4n) is 2.08. The van der Waals surface area contributed by atoms with E-state index in [1.165, 1.54) is 7.11 Å². The molecule has 5 heteroatoms. The highest BCUT2D eigenvalue weighted by Gasteiger charge is 2.14. The van der Waals surface area contributed by atoms with Crippen LogP contribution >= 0.6 is 11.6 Å². The van der Waals surface area contributed by atoms with Crippen LogP contribution in [0.4, 0.5) is 0 Å². The average molecular weight is 287 g/mol. The predicted octanol–water partition coefficient (Wildman–Crippen LogP) is 3.44. The molecule has 2 aromatic heterocycles. The van der Waals surface area contributed by atoms with Gasteiger partial charge in [0.15, 0.2) is 5.15 Å². The number of fused-ring (bicyclic) bond motifs is 1. The second-order valence-corrected chi connectivity index (χ2v) is 4.61. The molecule has 20 heavy (non-hydrogen) atoms. The van der Waals surface area contributed by atoms with Gasteiger partial charge in [-0.1, -0.05) is 41.9 Å². The first-order valence-electron chi connectivity index (χ1n) is 6.02. The molecule has 3 rings (SSSR count). The van der Waals surface area contributed by atoms with Crippen LogP contribution < -0.4 is 0 Å². The van der Waals surface area contributed by atoms with Gasteiger partial charge in [-0.25, -0.2) is 9.78 Å². The predicted molar refractivity (Wildman–Crippen MR) is 77.0 cm³/mol. The smallest absolute Gasteiger partial charge is 0.337 e. The molecule has 0 unspecified atom stereocenters. The molecule has 4 nitrogen and oxygen atoms in total. The molecule has 0 fully saturated rings. The van der Waals surface area contributed by atoms with E-state index in [1.807, 2.05) is 34.7 Å². The molecule has 0 saturated carbocycles. The van der Waals surface area contributed by atoms with Crippen molar-refractivity contribution in [2.75, 3.05) is 7.11 Å². The minimum atomic E-state index is -0.397. The Labute approximate surface area is 120 Å². The number of benzene rings is 1. The van der Waals surface area contributed by atoms with Crippen molar-refractivity contribution in [3.05, 3.63) is 59.4 Å². The first kappa shape index (κ1) is 12.7. The van der Waals surface area contributed by atoms with Gasteiger partial charge in [-0.2, -0.15) is 0 Å². The van der Waals surface area contributed by atoms with E-state index >= 15 is 0 Å². The van der Waals surface area contributed by atoms with Crippen LogP contribution in [0.1, 0.15) is 10.4 Å². The van der Waals surface area contributed by atoms with Gasteiger partial charge in [0.1, 0.15) is 5.82 Å². The van der Waals surface area contributed by atoms with Crippen molar-refractivity contribution in [3.63, 3.8) is 0 Å². The molecule has 0 aliphatic rings. The summed E-state index contributed by atoms with van der Waals surface area (Å²) in [7, 11) is 1.35. The second kappa shape index (κ2) is 4.98. The van der Waals surface area contributed by atoms with Crippen LogP contribution in [-0.2, 0) is 4.74 Å². The lowest BCUT2D eigenvalue weighted by Crippen LogP contribution is -2.02. The summed E-state index contributed by atoms with van der Waals surface area (Å²) in [4.78, 5) is 15.9. The lowest BCUT2D eigenvalue weighted by atomic mass is 10.2. The van der Waals surface area contributed by atoms with Crippen LogP contribution in [0.25, 0.3) is 16.9 Å². The summed E-state index contributed by atoms with van der Waals surface area (Å²) in [6.45, 7) is 0. The molecule has 0 saturated heterocycles. The van der Waals surface area contributed by atoms with Crippen molar-refractivity contribution in [3.8, 4) is 11.4 Å². The number of rotatable bonds is 2. The Kier molecular flexibility index (Phi) is 3.16. The Morgan fingerprint density at radius 3 is 2.70 bits per heavy atom. The van der Waals surface area contributed by atoms with E-state index in [9.17, 15) is 4.79 Å². The summed E-state index contributed by atoms with van der Waals surface area (Å²) in [5.41, 5.74) is 2.08. The number of hydrogen-bond acceptors (Lipinski definition) is 3. The normalized spacial score (nSPS) is 10.7. The summed E-state index contributed by atoms with van der Waals surface area (Å²) < 4.78 is 6.56. The van der Waals surface area contributed by atoms with Gasteiger partial charge in [0.2, 0.25) is 0 Å². The quantitative estimate of drug-likeness (QED) is 0.678. The topological polar surface area (TPSA) is 43.6 Å². The Hall–Kier alpha value is -2.33. The van der Waals surface area contributed by atoms with Gasteiger partial charge in [-0.05, 0) is 12.1 Å². The Balaban J connectivity index is 2.20. The Morgan fingerprint density at radius 1 is 1.25 bits per heavy atom. The first-order valence-corrected chi connectivity index (χ1v) is 6.40. The third-order valence-corrected chi connectivity index (χ3v) is 3.33. The number of carbonyl (C=O) groups is 1. The molecule has 0 spiro atoms. The highest BCUT2D eigenvalue weighted by molar-refractivity contribution is 6.33. The molecule has 0 aliphatic carbocycles. The number of imidazole rings is 1. The molecule has 0 N–H and O–H groups in total. The minimum absolute atomic E-state index is 0.356. The Morgan fingerprint density at radius 2 is 2.00 bits per heavy atom. The minimum Gasteiger partial charge on any atom is -0.465 e. The number of carbonyl (C=O) groups excluding carboxylic acids is 1. The summed E-state index contributed by atoms with van der Waals surface area (Å²) in [6.07, 6.45) is 1.77. The maximum atomic E-state index is 11.6. The number of halogens is 1. The van der Waals surface area contributed by atoms with Crippen molar-refractivity contribution in [1.29, 1.82) is 0 Å². The van der Waals surface area contributed by atoms with Crippen LogP contribution in [-0.4, -0.2) is 22.5 Å². The van der Waals surface area contributed by atoms with Gasteiger partial charge in [0.05, 0.1) is 18.2 Å². The maximum Gasteiger partial charge on any atom is 0.337 e. The van der Waals surface area contributed by atoms with Crippen molar-refractivity contribution >= 4 is 23.1 Å². The molecule has 0 radical (unpaired) electrons. The lowest BCUT2D eigenvalue weighted by molar-refractivity contribution is 0.0601. The zero-order chi connectivity index (χ0) is 14.1. The van der Waals surface area contributed by atoms with Crippen LogP contribution in [0.3, 0.4) is 0 Å². The molecule has 0 bridgehead atoms. The molecule has 2 heterocycles. The molecule has 1 aromatic carbocycles. The van der Waals surface area contributed by atoms with Gasteiger partial charge < -0.3 is 4.74 Å². The van der Waals surface area contributed by atoms with E-state index in [2.05, 4.69) is 4.98 Å². The lowest BCUT2D eigenvalue weighted by Gasteiger charge is -2.03. The van der Waals surface area contributed by atoms with Crippen LogP contribution in [0.15, 0.2) is 48.7 Å². The highest BCUT2D eigenvalue weighted by Crippen LogP contribution is 2.26. The van der Waals surface area contributed by atoms with E-state index in [1.54, 1.807) is 18.3 Å². The van der Waals surface area contributed by atoms with E-state index in [-0.39, 0.29) is 0 Å². The van der Waals surface area contributed by atoms with Crippen LogP contribution in [0, 0.1) is 0 Å². The van der Waals surface area contributed by atoms with E-state index in [4.69, 9.17) is 16.3 Å². The molecular formula is C15H11ClN2O2. The number of methoxy groups -OCH3 is 1. The summed E-state index contributed by atoms with van der Waals surface area (Å²) in [6, 6.07) is 13.1. The third kappa shape index (κ3) is 2.04. The van der Waals surface area contributed by atoms with Gasteiger partial charge in [-0.15, -0.1) is 0 Å². The van der Waals surface area contributed by atoms with Crippen molar-refractivity contribution in [2.24, 2.45) is 0 Å². The fraction of sp³-hybridized carbons (Fsp3) is 0.0667. The number of aromatic nitrogens is 2. The van der Waals surface area contributed by atoms with Gasteiger partial charge >= 0.3 is 5.97 Å². The summed E-state index contributed by atoms with van der Waals surface area (Å²) >= 11 is 6.16. The molecular weight excluding hydrogens is 276 g/mol. The second-order valence-electron chi connectivity index (χ2n) is 4.25. The SMILES string of the molecule is COC(=O)c1ccn2c(-c3ccccc3)nc(Cl)c2c1. The standard InChI is InChI=1S/C15H11ClN2O2/c1-20-15(19)11-7-8-18-12(9-11)13(16)17-14(18)10-5-3-2-4-6-10/h2-9H,1H3. The Bertz CT molecular complexity index is 781. The third-order valence-electron chi connectivity index (χ3n) is 3.05. The summed E-state index contributed by atoms with van der Waals surface area (Å²) in [5, 5.41) is 0.356. The fourth-order valence-corrected chi connectivity index (χ4v) is 2.31. The molecule has 3 aromatic rings. The number of nitrogens with zero attached hydrogens (tertiary/aromatic N) is 2. The van der Waals surface area contributed by atoms with Crippen molar-refractivity contribution in [2.45, 2.75) is 0 Å². The van der Waals surface area contributed by atoms with Crippen molar-refractivity contribution < 1.29 is 9.53 Å². The van der Waals surface area contributed by atoms with Crippen molar-refractivity contribution in [1.82, 2.24) is 9.38 Å². The largest absolute Gasteiger partial charge is 0.465 e. The molecule has 0 aliphatic heterocycles. The highest BCUT2D eigenvalue weighted by atomic mass is 35.5. The van der Waals surface area contributed by atoms with Crippen LogP contribution in [0.5, 0.6) is 0 Å². The number of pyridine rings is 1. The van der Waals surface area contributed by atoms with Crippen LogP contribution in [0.2, 0.25) is 5.15 Å². The van der Waals surface area contributed by atoms with E-state index < -0.39 is 5.97 Å². The molecule has 100 valence electrons. The number of ether oxygens (including phenoxy) is 1. The average Bonchev–Trinajstić information content (AvgIpc) is 2.84. The van der Waals surface area contributed by atoms with E-state index in [0.717, 1.165) is 11.4 Å². The zero-order valence-corrected chi connectivity index (χ0v) is 11.5. The molecule has 0 amide bonds. The maximum absolute atomic E-state index is 11.6. The van der Waals surface area contributed by atoms with Gasteiger partial charge in [-0.3, -0.25) is 4.40 Å². The number of hydrogen-bond donors (Lipinski definition) is 0. The summed E-state index contributed by atoms with van der Waals surface area (Å²) in [5.74, 6) is 0.341. The van der Waals surface area contributed by atoms with E-state index in [0.29, 0.717) is 16.2 Å².